The maximum absolute atomic E-state index is 11.2. The van der Waals surface area contributed by atoms with Gasteiger partial charge in [0.15, 0.2) is 0 Å². The van der Waals surface area contributed by atoms with E-state index in [0.717, 1.165) is 13.1 Å². The Morgan fingerprint density at radius 1 is 1.33 bits per heavy atom. The van der Waals surface area contributed by atoms with Crippen molar-refractivity contribution in [2.24, 2.45) is 11.8 Å². The van der Waals surface area contributed by atoms with Crippen molar-refractivity contribution in [1.29, 1.82) is 0 Å². The van der Waals surface area contributed by atoms with Gasteiger partial charge in [0.2, 0.25) is 0 Å². The molecule has 1 aliphatic rings. The van der Waals surface area contributed by atoms with Gasteiger partial charge in [0.25, 0.3) is 0 Å². The number of hydrogen-bond acceptors (Lipinski definition) is 4. The first kappa shape index (κ1) is 15.9. The molecule has 0 spiro atoms. The van der Waals surface area contributed by atoms with Crippen LogP contribution in [0.3, 0.4) is 0 Å². The molecule has 2 atom stereocenters. The summed E-state index contributed by atoms with van der Waals surface area (Å²) in [7, 11) is -0.794. The molecule has 1 fully saturated rings. The molecular formula is C13H28N2O2S. The van der Waals surface area contributed by atoms with Crippen molar-refractivity contribution in [3.63, 3.8) is 0 Å². The number of sulfone groups is 1. The van der Waals surface area contributed by atoms with E-state index in [2.05, 4.69) is 24.1 Å². The number of hydrogen-bond donors (Lipinski definition) is 1. The van der Waals surface area contributed by atoms with E-state index in [0.29, 0.717) is 24.4 Å². The van der Waals surface area contributed by atoms with Crippen LogP contribution in [0.5, 0.6) is 0 Å². The van der Waals surface area contributed by atoms with Gasteiger partial charge in [-0.3, -0.25) is 0 Å². The van der Waals surface area contributed by atoms with E-state index in [4.69, 9.17) is 0 Å². The van der Waals surface area contributed by atoms with E-state index in [-0.39, 0.29) is 5.75 Å². The summed E-state index contributed by atoms with van der Waals surface area (Å²) in [5.74, 6) is 1.64. The number of nitrogens with one attached hydrogen (secondary N) is 1. The summed E-state index contributed by atoms with van der Waals surface area (Å²) in [6.07, 6.45) is 3.77. The SMILES string of the molecule is CC(C)CNCC1CCC1N(C)CCS(C)(=O)=O. The van der Waals surface area contributed by atoms with Crippen LogP contribution in [-0.4, -0.2) is 58.1 Å². The predicted octanol–water partition coefficient (Wildman–Crippen LogP) is 0.987. The molecule has 0 bridgehead atoms. The average Bonchev–Trinajstić information content (AvgIpc) is 2.18. The highest BCUT2D eigenvalue weighted by Gasteiger charge is 2.33. The van der Waals surface area contributed by atoms with E-state index >= 15 is 0 Å². The summed E-state index contributed by atoms with van der Waals surface area (Å²) >= 11 is 0. The van der Waals surface area contributed by atoms with Crippen LogP contribution in [0.2, 0.25) is 0 Å². The molecule has 1 saturated carbocycles. The fourth-order valence-electron chi connectivity index (χ4n) is 2.40. The zero-order valence-electron chi connectivity index (χ0n) is 12.1. The van der Waals surface area contributed by atoms with Crippen molar-refractivity contribution in [1.82, 2.24) is 10.2 Å². The van der Waals surface area contributed by atoms with E-state index < -0.39 is 9.84 Å². The summed E-state index contributed by atoms with van der Waals surface area (Å²) < 4.78 is 22.3. The quantitative estimate of drug-likeness (QED) is 0.718. The third-order valence-electron chi connectivity index (χ3n) is 3.72. The third-order valence-corrected chi connectivity index (χ3v) is 4.64. The predicted molar refractivity (Wildman–Crippen MR) is 76.6 cm³/mol. The molecule has 18 heavy (non-hydrogen) atoms. The minimum absolute atomic E-state index is 0.270. The minimum atomic E-state index is -2.84. The second-order valence-corrected chi connectivity index (χ2v) is 8.33. The van der Waals surface area contributed by atoms with Crippen molar-refractivity contribution in [3.05, 3.63) is 0 Å². The first-order chi connectivity index (χ1) is 8.29. The Labute approximate surface area is 112 Å². The lowest BCUT2D eigenvalue weighted by molar-refractivity contribution is 0.0885. The molecule has 0 heterocycles. The standard InChI is InChI=1S/C13H28N2O2S/c1-11(2)9-14-10-12-5-6-13(12)15(3)7-8-18(4,16)17/h11-14H,5-10H2,1-4H3. The van der Waals surface area contributed by atoms with Crippen molar-refractivity contribution in [3.8, 4) is 0 Å². The topological polar surface area (TPSA) is 49.4 Å². The number of nitrogens with zero attached hydrogens (tertiary/aromatic N) is 1. The lowest BCUT2D eigenvalue weighted by atomic mass is 9.78. The highest BCUT2D eigenvalue weighted by Crippen LogP contribution is 2.30. The van der Waals surface area contributed by atoms with Gasteiger partial charge in [0, 0.05) is 18.8 Å². The van der Waals surface area contributed by atoms with Crippen molar-refractivity contribution in [2.45, 2.75) is 32.7 Å². The van der Waals surface area contributed by atoms with Gasteiger partial charge in [0.05, 0.1) is 5.75 Å². The molecule has 1 aliphatic carbocycles. The molecule has 0 saturated heterocycles. The first-order valence-electron chi connectivity index (χ1n) is 6.88. The summed E-state index contributed by atoms with van der Waals surface area (Å²) in [4.78, 5) is 2.21. The summed E-state index contributed by atoms with van der Waals surface area (Å²) in [5, 5.41) is 3.50. The molecule has 5 heteroatoms. The van der Waals surface area contributed by atoms with Crippen LogP contribution in [0.4, 0.5) is 0 Å². The molecule has 0 radical (unpaired) electrons. The second-order valence-electron chi connectivity index (χ2n) is 6.07. The Hall–Kier alpha value is -0.130. The molecule has 0 amide bonds. The maximum Gasteiger partial charge on any atom is 0.148 e. The molecule has 0 aliphatic heterocycles. The van der Waals surface area contributed by atoms with Crippen LogP contribution >= 0.6 is 0 Å². The number of rotatable bonds is 8. The molecule has 1 rings (SSSR count). The van der Waals surface area contributed by atoms with E-state index in [1.54, 1.807) is 0 Å². The Bertz CT molecular complexity index is 341. The highest BCUT2D eigenvalue weighted by atomic mass is 32.2. The van der Waals surface area contributed by atoms with Gasteiger partial charge in [-0.1, -0.05) is 13.8 Å². The molecule has 0 aromatic carbocycles. The van der Waals surface area contributed by atoms with Crippen LogP contribution in [0, 0.1) is 11.8 Å². The Kier molecular flexibility index (Phi) is 6.08. The third kappa shape index (κ3) is 5.67. The fourth-order valence-corrected chi connectivity index (χ4v) is 3.02. The largest absolute Gasteiger partial charge is 0.316 e. The van der Waals surface area contributed by atoms with Crippen LogP contribution in [0.15, 0.2) is 0 Å². The van der Waals surface area contributed by atoms with E-state index in [1.807, 2.05) is 7.05 Å². The maximum atomic E-state index is 11.2. The average molecular weight is 276 g/mol. The normalized spacial score (nSPS) is 24.6. The Balaban J connectivity index is 2.25. The minimum Gasteiger partial charge on any atom is -0.316 e. The Morgan fingerprint density at radius 3 is 2.44 bits per heavy atom. The summed E-state index contributed by atoms with van der Waals surface area (Å²) in [6, 6.07) is 0.561. The van der Waals surface area contributed by atoms with Gasteiger partial charge in [0.1, 0.15) is 9.84 Å². The van der Waals surface area contributed by atoms with Gasteiger partial charge in [-0.15, -0.1) is 0 Å². The van der Waals surface area contributed by atoms with Crippen molar-refractivity contribution < 1.29 is 8.42 Å². The summed E-state index contributed by atoms with van der Waals surface area (Å²) in [6.45, 7) is 7.21. The summed E-state index contributed by atoms with van der Waals surface area (Å²) in [5.41, 5.74) is 0. The highest BCUT2D eigenvalue weighted by molar-refractivity contribution is 7.90. The van der Waals surface area contributed by atoms with Gasteiger partial charge in [-0.2, -0.15) is 0 Å². The monoisotopic (exact) mass is 276 g/mol. The fraction of sp³-hybridized carbons (Fsp3) is 1.00. The zero-order valence-corrected chi connectivity index (χ0v) is 13.0. The molecular weight excluding hydrogens is 248 g/mol. The molecule has 4 nitrogen and oxygen atoms in total. The van der Waals surface area contributed by atoms with Crippen LogP contribution in [-0.2, 0) is 9.84 Å². The first-order valence-corrected chi connectivity index (χ1v) is 8.94. The van der Waals surface area contributed by atoms with Crippen LogP contribution in [0.1, 0.15) is 26.7 Å². The van der Waals surface area contributed by atoms with Crippen LogP contribution < -0.4 is 5.32 Å². The van der Waals surface area contributed by atoms with E-state index in [9.17, 15) is 8.42 Å². The molecule has 0 aromatic rings. The lowest BCUT2D eigenvalue weighted by Crippen LogP contribution is -2.50. The zero-order chi connectivity index (χ0) is 13.8. The lowest BCUT2D eigenvalue weighted by Gasteiger charge is -2.43. The second kappa shape index (κ2) is 6.87. The van der Waals surface area contributed by atoms with Crippen molar-refractivity contribution in [2.75, 3.05) is 38.7 Å². The van der Waals surface area contributed by atoms with Gasteiger partial charge in [-0.05, 0) is 44.8 Å². The van der Waals surface area contributed by atoms with Gasteiger partial charge in [-0.25, -0.2) is 8.42 Å². The van der Waals surface area contributed by atoms with Gasteiger partial charge >= 0.3 is 0 Å². The Morgan fingerprint density at radius 2 is 2.00 bits per heavy atom. The van der Waals surface area contributed by atoms with Crippen molar-refractivity contribution >= 4 is 9.84 Å². The van der Waals surface area contributed by atoms with Crippen LogP contribution in [0.25, 0.3) is 0 Å². The van der Waals surface area contributed by atoms with E-state index in [1.165, 1.54) is 19.1 Å². The molecule has 1 N–H and O–H groups in total. The van der Waals surface area contributed by atoms with Gasteiger partial charge < -0.3 is 10.2 Å². The molecule has 0 aromatic heterocycles. The smallest absolute Gasteiger partial charge is 0.148 e. The molecule has 108 valence electrons. The molecule has 2 unspecified atom stereocenters.